The van der Waals surface area contributed by atoms with Gasteiger partial charge in [0.25, 0.3) is 0 Å². The Kier molecular flexibility index (Phi) is 9.48. The van der Waals surface area contributed by atoms with Gasteiger partial charge in [-0.15, -0.1) is 0 Å². The molecule has 1 aliphatic rings. The molecule has 0 aromatic carbocycles. The van der Waals surface area contributed by atoms with Crippen LogP contribution in [0.4, 0.5) is 0 Å². The third kappa shape index (κ3) is 7.31. The predicted octanol–water partition coefficient (Wildman–Crippen LogP) is 1.36. The maximum atomic E-state index is 5.49. The van der Waals surface area contributed by atoms with E-state index in [0.29, 0.717) is 6.61 Å². The van der Waals surface area contributed by atoms with E-state index in [1.807, 2.05) is 0 Å². The van der Waals surface area contributed by atoms with Crippen molar-refractivity contribution >= 4 is 0 Å². The summed E-state index contributed by atoms with van der Waals surface area (Å²) in [5, 5.41) is 3.46. The topological polar surface area (TPSA) is 33.7 Å². The summed E-state index contributed by atoms with van der Waals surface area (Å²) in [5.41, 5.74) is 0. The lowest BCUT2D eigenvalue weighted by Gasteiger charge is -2.32. The van der Waals surface area contributed by atoms with Crippen LogP contribution < -0.4 is 5.32 Å². The Labute approximate surface area is 112 Å². The predicted molar refractivity (Wildman–Crippen MR) is 75.0 cm³/mol. The van der Waals surface area contributed by atoms with Crippen molar-refractivity contribution in [1.82, 2.24) is 10.2 Å². The Morgan fingerprint density at radius 3 is 2.94 bits per heavy atom. The van der Waals surface area contributed by atoms with Gasteiger partial charge in [-0.1, -0.05) is 6.92 Å². The number of hydrogen-bond acceptors (Lipinski definition) is 4. The van der Waals surface area contributed by atoms with Crippen LogP contribution >= 0.6 is 0 Å². The number of methoxy groups -OCH3 is 1. The normalized spacial score (nSPS) is 21.3. The van der Waals surface area contributed by atoms with Gasteiger partial charge in [0.05, 0.1) is 13.2 Å². The Hall–Kier alpha value is -0.160. The average molecular weight is 258 g/mol. The number of piperidine rings is 1. The van der Waals surface area contributed by atoms with Gasteiger partial charge in [0, 0.05) is 26.8 Å². The van der Waals surface area contributed by atoms with Crippen LogP contribution in [-0.4, -0.2) is 64.6 Å². The molecule has 1 fully saturated rings. The number of nitrogens with one attached hydrogen (secondary N) is 1. The minimum absolute atomic E-state index is 0.703. The molecule has 18 heavy (non-hydrogen) atoms. The second-order valence-electron chi connectivity index (χ2n) is 5.08. The van der Waals surface area contributed by atoms with Crippen LogP contribution in [0.5, 0.6) is 0 Å². The summed E-state index contributed by atoms with van der Waals surface area (Å²) in [5.74, 6) is 0.841. The number of rotatable bonds is 10. The van der Waals surface area contributed by atoms with Crippen molar-refractivity contribution in [2.75, 3.05) is 59.7 Å². The summed E-state index contributed by atoms with van der Waals surface area (Å²) in [6.45, 7) is 10.4. The van der Waals surface area contributed by atoms with E-state index in [2.05, 4.69) is 17.1 Å². The quantitative estimate of drug-likeness (QED) is 0.600. The van der Waals surface area contributed by atoms with Gasteiger partial charge in [0.2, 0.25) is 0 Å². The van der Waals surface area contributed by atoms with Crippen molar-refractivity contribution in [3.8, 4) is 0 Å². The fraction of sp³-hybridized carbons (Fsp3) is 1.00. The molecule has 1 rings (SSSR count). The Balaban J connectivity index is 2.00. The maximum Gasteiger partial charge on any atom is 0.0700 e. The first-order valence-electron chi connectivity index (χ1n) is 7.36. The van der Waals surface area contributed by atoms with E-state index in [9.17, 15) is 0 Å². The molecule has 1 heterocycles. The summed E-state index contributed by atoms with van der Waals surface area (Å²) >= 11 is 0. The lowest BCUT2D eigenvalue weighted by Crippen LogP contribution is -2.40. The van der Waals surface area contributed by atoms with Crippen LogP contribution in [0.25, 0.3) is 0 Å². The van der Waals surface area contributed by atoms with E-state index in [-0.39, 0.29) is 0 Å². The van der Waals surface area contributed by atoms with E-state index in [1.165, 1.54) is 39.0 Å². The summed E-state index contributed by atoms with van der Waals surface area (Å²) in [6.07, 6.45) is 3.87. The average Bonchev–Trinajstić information content (AvgIpc) is 2.41. The number of likely N-dealkylation sites (tertiary alicyclic amines) is 1. The molecule has 0 radical (unpaired) electrons. The monoisotopic (exact) mass is 258 g/mol. The molecule has 1 atom stereocenters. The minimum Gasteiger partial charge on any atom is -0.382 e. The van der Waals surface area contributed by atoms with Crippen LogP contribution in [-0.2, 0) is 9.47 Å². The highest BCUT2D eigenvalue weighted by molar-refractivity contribution is 4.74. The first kappa shape index (κ1) is 15.9. The molecule has 108 valence electrons. The number of nitrogens with zero attached hydrogens (tertiary/aromatic N) is 1. The molecular formula is C14H30N2O2. The van der Waals surface area contributed by atoms with Gasteiger partial charge in [0.15, 0.2) is 0 Å². The van der Waals surface area contributed by atoms with E-state index in [0.717, 1.165) is 32.1 Å². The summed E-state index contributed by atoms with van der Waals surface area (Å²) in [7, 11) is 1.71. The molecule has 4 heteroatoms. The molecule has 1 aliphatic heterocycles. The van der Waals surface area contributed by atoms with E-state index in [4.69, 9.17) is 9.47 Å². The highest BCUT2D eigenvalue weighted by Crippen LogP contribution is 2.15. The molecule has 0 aromatic heterocycles. The van der Waals surface area contributed by atoms with Crippen LogP contribution in [0.15, 0.2) is 0 Å². The highest BCUT2D eigenvalue weighted by atomic mass is 16.5. The van der Waals surface area contributed by atoms with Gasteiger partial charge in [-0.3, -0.25) is 0 Å². The first-order valence-corrected chi connectivity index (χ1v) is 7.36. The maximum absolute atomic E-state index is 5.49. The van der Waals surface area contributed by atoms with Crippen LogP contribution in [0.2, 0.25) is 0 Å². The van der Waals surface area contributed by atoms with Crippen molar-refractivity contribution in [2.24, 2.45) is 5.92 Å². The second-order valence-corrected chi connectivity index (χ2v) is 5.08. The van der Waals surface area contributed by atoms with E-state index < -0.39 is 0 Å². The smallest absolute Gasteiger partial charge is 0.0700 e. The van der Waals surface area contributed by atoms with Gasteiger partial charge < -0.3 is 19.7 Å². The van der Waals surface area contributed by atoms with Crippen molar-refractivity contribution in [3.63, 3.8) is 0 Å². The van der Waals surface area contributed by atoms with Crippen molar-refractivity contribution in [2.45, 2.75) is 26.2 Å². The molecule has 1 unspecified atom stereocenters. The summed E-state index contributed by atoms with van der Waals surface area (Å²) < 4.78 is 10.4. The zero-order chi connectivity index (χ0) is 13.1. The lowest BCUT2D eigenvalue weighted by atomic mass is 9.98. The van der Waals surface area contributed by atoms with Gasteiger partial charge in [0.1, 0.15) is 0 Å². The molecule has 4 nitrogen and oxygen atoms in total. The minimum atomic E-state index is 0.703. The molecule has 0 aliphatic carbocycles. The van der Waals surface area contributed by atoms with Crippen LogP contribution in [0.3, 0.4) is 0 Å². The van der Waals surface area contributed by atoms with Crippen molar-refractivity contribution < 1.29 is 9.47 Å². The van der Waals surface area contributed by atoms with Gasteiger partial charge in [-0.2, -0.15) is 0 Å². The molecule has 0 amide bonds. The molecule has 1 saturated heterocycles. The van der Waals surface area contributed by atoms with Crippen molar-refractivity contribution in [1.29, 1.82) is 0 Å². The molecule has 0 bridgehead atoms. The van der Waals surface area contributed by atoms with E-state index in [1.54, 1.807) is 7.11 Å². The van der Waals surface area contributed by atoms with Crippen LogP contribution in [0, 0.1) is 5.92 Å². The fourth-order valence-electron chi connectivity index (χ4n) is 2.50. The van der Waals surface area contributed by atoms with Crippen molar-refractivity contribution in [3.05, 3.63) is 0 Å². The fourth-order valence-corrected chi connectivity index (χ4v) is 2.50. The molecule has 0 aromatic rings. The highest BCUT2D eigenvalue weighted by Gasteiger charge is 2.18. The third-order valence-corrected chi connectivity index (χ3v) is 3.48. The Morgan fingerprint density at radius 2 is 2.17 bits per heavy atom. The zero-order valence-electron chi connectivity index (χ0n) is 12.1. The largest absolute Gasteiger partial charge is 0.382 e. The Bertz CT molecular complexity index is 191. The summed E-state index contributed by atoms with van der Waals surface area (Å²) in [6, 6.07) is 0. The second kappa shape index (κ2) is 10.7. The molecule has 1 N–H and O–H groups in total. The zero-order valence-corrected chi connectivity index (χ0v) is 12.1. The SMILES string of the molecule is CCNCC1CCCN(CCCOCCOC)C1. The first-order chi connectivity index (χ1) is 8.86. The number of ether oxygens (including phenoxy) is 2. The van der Waals surface area contributed by atoms with Gasteiger partial charge in [-0.25, -0.2) is 0 Å². The summed E-state index contributed by atoms with van der Waals surface area (Å²) in [4.78, 5) is 2.59. The van der Waals surface area contributed by atoms with Gasteiger partial charge >= 0.3 is 0 Å². The third-order valence-electron chi connectivity index (χ3n) is 3.48. The lowest BCUT2D eigenvalue weighted by molar-refractivity contribution is 0.0624. The Morgan fingerprint density at radius 1 is 1.28 bits per heavy atom. The van der Waals surface area contributed by atoms with Gasteiger partial charge in [-0.05, 0) is 44.8 Å². The van der Waals surface area contributed by atoms with Crippen LogP contribution in [0.1, 0.15) is 26.2 Å². The molecule has 0 spiro atoms. The molecular weight excluding hydrogens is 228 g/mol. The standard InChI is InChI=1S/C14H30N2O2/c1-3-15-12-14-6-4-7-16(13-14)8-5-9-18-11-10-17-2/h14-15H,3-13H2,1-2H3. The van der Waals surface area contributed by atoms with E-state index >= 15 is 0 Å². The molecule has 0 saturated carbocycles. The number of hydrogen-bond donors (Lipinski definition) is 1.